The van der Waals surface area contributed by atoms with Crippen LogP contribution in [-0.4, -0.2) is 59.3 Å². The zero-order valence-corrected chi connectivity index (χ0v) is 21.6. The molecular formula is C28H35ClN4O3. The van der Waals surface area contributed by atoms with Crippen LogP contribution < -0.4 is 15.4 Å². The first kappa shape index (κ1) is 26.2. The molecule has 1 aromatic heterocycles. The number of hydrogen-bond acceptors (Lipinski definition) is 5. The van der Waals surface area contributed by atoms with Crippen molar-refractivity contribution in [1.82, 2.24) is 15.2 Å². The van der Waals surface area contributed by atoms with Crippen molar-refractivity contribution in [2.45, 2.75) is 45.4 Å². The molecule has 4 N–H and O–H groups in total. The second kappa shape index (κ2) is 12.4. The molecule has 7 nitrogen and oxygen atoms in total. The minimum Gasteiger partial charge on any atom is -0.489 e. The topological polar surface area (TPSA) is 89.6 Å². The molecule has 0 spiro atoms. The Morgan fingerprint density at radius 1 is 1.17 bits per heavy atom. The van der Waals surface area contributed by atoms with Crippen molar-refractivity contribution < 1.29 is 14.6 Å². The summed E-state index contributed by atoms with van der Waals surface area (Å²) in [6.07, 6.45) is 1.40. The van der Waals surface area contributed by atoms with Crippen molar-refractivity contribution in [1.29, 1.82) is 0 Å². The molecule has 1 amide bonds. The van der Waals surface area contributed by atoms with Crippen LogP contribution in [0.3, 0.4) is 0 Å². The summed E-state index contributed by atoms with van der Waals surface area (Å²) >= 11 is 6.10. The van der Waals surface area contributed by atoms with Crippen LogP contribution in [0.1, 0.15) is 40.2 Å². The third kappa shape index (κ3) is 7.34. The Bertz CT molecular complexity index is 1160. The minimum atomic E-state index is -0.661. The number of nitrogens with zero attached hydrogens (tertiary/aromatic N) is 1. The Morgan fingerprint density at radius 2 is 1.94 bits per heavy atom. The van der Waals surface area contributed by atoms with Gasteiger partial charge in [-0.3, -0.25) is 9.69 Å². The van der Waals surface area contributed by atoms with Crippen molar-refractivity contribution in [2.75, 3.05) is 31.6 Å². The molecule has 36 heavy (non-hydrogen) atoms. The fraction of sp³-hybridized carbons (Fsp3) is 0.393. The van der Waals surface area contributed by atoms with Gasteiger partial charge in [0.15, 0.2) is 0 Å². The largest absolute Gasteiger partial charge is 0.489 e. The van der Waals surface area contributed by atoms with Crippen molar-refractivity contribution >= 4 is 23.2 Å². The summed E-state index contributed by atoms with van der Waals surface area (Å²) in [6.45, 7) is 7.31. The first-order valence-corrected chi connectivity index (χ1v) is 12.8. The smallest absolute Gasteiger partial charge is 0.272 e. The average molecular weight is 511 g/mol. The first-order chi connectivity index (χ1) is 17.4. The fourth-order valence-corrected chi connectivity index (χ4v) is 4.79. The number of ether oxygens (including phenoxy) is 1. The van der Waals surface area contributed by atoms with E-state index in [1.54, 1.807) is 12.1 Å². The van der Waals surface area contributed by atoms with Gasteiger partial charge in [-0.05, 0) is 81.2 Å². The molecule has 1 saturated heterocycles. The lowest BCUT2D eigenvalue weighted by molar-refractivity contribution is 0.0978. The molecule has 0 bridgehead atoms. The maximum atomic E-state index is 12.7. The SMILES string of the molecule is Cc1cc(C)c(C(=O)Nc2ccccc2OCC(O)CNC2CCN(Cc3cccc(Cl)c3)CC2)[nH]1. The van der Waals surface area contributed by atoms with Crippen LogP contribution in [0.25, 0.3) is 0 Å². The van der Waals surface area contributed by atoms with Gasteiger partial charge in [-0.25, -0.2) is 0 Å². The molecule has 1 aliphatic rings. The van der Waals surface area contributed by atoms with Crippen LogP contribution in [-0.2, 0) is 6.54 Å². The number of aliphatic hydroxyl groups excluding tert-OH is 1. The Hall–Kier alpha value is -2.84. The number of aromatic nitrogens is 1. The summed E-state index contributed by atoms with van der Waals surface area (Å²) in [5.41, 5.74) is 4.16. The van der Waals surface area contributed by atoms with E-state index < -0.39 is 6.10 Å². The lowest BCUT2D eigenvalue weighted by Crippen LogP contribution is -2.45. The molecule has 2 heterocycles. The highest BCUT2D eigenvalue weighted by atomic mass is 35.5. The molecule has 0 saturated carbocycles. The zero-order valence-electron chi connectivity index (χ0n) is 20.9. The third-order valence-corrected chi connectivity index (χ3v) is 6.70. The standard InChI is InChI=1S/C28H35ClN4O3/c1-19-14-20(2)31-27(19)28(35)32-25-8-3-4-9-26(25)36-18-24(34)16-30-23-10-12-33(13-11-23)17-21-6-5-7-22(29)15-21/h3-9,14-15,23-24,30-31,34H,10-13,16-18H2,1-2H3,(H,32,35). The summed E-state index contributed by atoms with van der Waals surface area (Å²) in [4.78, 5) is 18.2. The number of para-hydroxylation sites is 2. The van der Waals surface area contributed by atoms with E-state index in [2.05, 4.69) is 26.6 Å². The molecule has 8 heteroatoms. The van der Waals surface area contributed by atoms with Gasteiger partial charge in [0.1, 0.15) is 24.2 Å². The molecule has 0 radical (unpaired) electrons. The number of aliphatic hydroxyl groups is 1. The average Bonchev–Trinajstić information content (AvgIpc) is 3.21. The molecule has 192 valence electrons. The highest BCUT2D eigenvalue weighted by molar-refractivity contribution is 6.30. The lowest BCUT2D eigenvalue weighted by Gasteiger charge is -2.33. The van der Waals surface area contributed by atoms with E-state index in [0.29, 0.717) is 29.7 Å². The van der Waals surface area contributed by atoms with E-state index >= 15 is 0 Å². The summed E-state index contributed by atoms with van der Waals surface area (Å²) in [5, 5.41) is 17.7. The summed E-state index contributed by atoms with van der Waals surface area (Å²) < 4.78 is 5.87. The number of hydrogen-bond donors (Lipinski definition) is 4. The van der Waals surface area contributed by atoms with Crippen molar-refractivity contribution in [3.63, 3.8) is 0 Å². The van der Waals surface area contributed by atoms with E-state index in [9.17, 15) is 9.90 Å². The van der Waals surface area contributed by atoms with Gasteiger partial charge < -0.3 is 25.5 Å². The Labute approximate surface area is 217 Å². The van der Waals surface area contributed by atoms with E-state index in [1.165, 1.54) is 5.56 Å². The van der Waals surface area contributed by atoms with Crippen LogP contribution >= 0.6 is 11.6 Å². The second-order valence-electron chi connectivity index (χ2n) is 9.51. The quantitative estimate of drug-likeness (QED) is 0.322. The van der Waals surface area contributed by atoms with Gasteiger partial charge in [-0.1, -0.05) is 35.9 Å². The lowest BCUT2D eigenvalue weighted by atomic mass is 10.0. The van der Waals surface area contributed by atoms with Gasteiger partial charge in [0.2, 0.25) is 0 Å². The molecule has 1 unspecified atom stereocenters. The van der Waals surface area contributed by atoms with E-state index in [0.717, 1.165) is 48.8 Å². The normalized spacial score (nSPS) is 15.6. The minimum absolute atomic E-state index is 0.133. The number of H-pyrrole nitrogens is 1. The molecule has 1 fully saturated rings. The van der Waals surface area contributed by atoms with Crippen molar-refractivity contribution in [3.05, 3.63) is 82.1 Å². The van der Waals surface area contributed by atoms with Gasteiger partial charge in [0.05, 0.1) is 5.69 Å². The third-order valence-electron chi connectivity index (χ3n) is 6.47. The van der Waals surface area contributed by atoms with Crippen LogP contribution in [0.15, 0.2) is 54.6 Å². The van der Waals surface area contributed by atoms with Crippen LogP contribution in [0.4, 0.5) is 5.69 Å². The number of likely N-dealkylation sites (tertiary alicyclic amines) is 1. The number of amides is 1. The summed E-state index contributed by atoms with van der Waals surface area (Å²) in [6, 6.07) is 17.6. The van der Waals surface area contributed by atoms with Crippen LogP contribution in [0, 0.1) is 13.8 Å². The Kier molecular flexibility index (Phi) is 9.04. The Morgan fingerprint density at radius 3 is 2.67 bits per heavy atom. The van der Waals surface area contributed by atoms with Gasteiger partial charge in [0, 0.05) is 29.8 Å². The number of halogens is 1. The maximum absolute atomic E-state index is 12.7. The molecular weight excluding hydrogens is 476 g/mol. The van der Waals surface area contributed by atoms with Gasteiger partial charge >= 0.3 is 0 Å². The fourth-order valence-electron chi connectivity index (χ4n) is 4.58. The number of carbonyl (C=O) groups is 1. The van der Waals surface area contributed by atoms with Crippen LogP contribution in [0.2, 0.25) is 5.02 Å². The number of carbonyl (C=O) groups excluding carboxylic acids is 1. The predicted octanol–water partition coefficient (Wildman–Crippen LogP) is 4.53. The molecule has 3 aromatic rings. The predicted molar refractivity (Wildman–Crippen MR) is 144 cm³/mol. The zero-order chi connectivity index (χ0) is 25.5. The number of aromatic amines is 1. The summed E-state index contributed by atoms with van der Waals surface area (Å²) in [7, 11) is 0. The molecule has 1 atom stereocenters. The highest BCUT2D eigenvalue weighted by Crippen LogP contribution is 2.25. The number of anilines is 1. The van der Waals surface area contributed by atoms with Crippen molar-refractivity contribution in [2.24, 2.45) is 0 Å². The van der Waals surface area contributed by atoms with E-state index in [1.807, 2.05) is 50.2 Å². The molecule has 4 rings (SSSR count). The first-order valence-electron chi connectivity index (χ1n) is 12.4. The number of benzene rings is 2. The number of rotatable bonds is 10. The highest BCUT2D eigenvalue weighted by Gasteiger charge is 2.20. The monoisotopic (exact) mass is 510 g/mol. The van der Waals surface area contributed by atoms with Gasteiger partial charge in [-0.2, -0.15) is 0 Å². The van der Waals surface area contributed by atoms with Crippen LogP contribution in [0.5, 0.6) is 5.75 Å². The Balaban J connectivity index is 1.20. The van der Waals surface area contributed by atoms with E-state index in [4.69, 9.17) is 16.3 Å². The number of aryl methyl sites for hydroxylation is 2. The molecule has 1 aliphatic heterocycles. The van der Waals surface area contributed by atoms with Gasteiger partial charge in [-0.15, -0.1) is 0 Å². The number of nitrogens with one attached hydrogen (secondary N) is 3. The second-order valence-corrected chi connectivity index (χ2v) is 9.95. The maximum Gasteiger partial charge on any atom is 0.272 e. The van der Waals surface area contributed by atoms with E-state index in [-0.39, 0.29) is 12.5 Å². The summed E-state index contributed by atoms with van der Waals surface area (Å²) in [5.74, 6) is 0.306. The van der Waals surface area contributed by atoms with Crippen molar-refractivity contribution in [3.8, 4) is 5.75 Å². The molecule has 2 aromatic carbocycles. The number of piperidine rings is 1. The molecule has 0 aliphatic carbocycles. The van der Waals surface area contributed by atoms with Gasteiger partial charge in [0.25, 0.3) is 5.91 Å².